The van der Waals surface area contributed by atoms with Gasteiger partial charge in [0.25, 0.3) is 0 Å². The van der Waals surface area contributed by atoms with Gasteiger partial charge in [-0.3, -0.25) is 0 Å². The van der Waals surface area contributed by atoms with Gasteiger partial charge in [-0.15, -0.1) is 0 Å². The Morgan fingerprint density at radius 2 is 2.08 bits per heavy atom. The zero-order chi connectivity index (χ0) is 8.39. The SMILES string of the molecule is N#C[C@@H]1C[C@H]1Cc1ccccc1. The molecule has 1 heteroatoms. The number of benzene rings is 1. The first-order valence-electron chi connectivity index (χ1n) is 4.33. The van der Waals surface area contributed by atoms with Gasteiger partial charge in [-0.25, -0.2) is 0 Å². The smallest absolute Gasteiger partial charge is 0.0658 e. The van der Waals surface area contributed by atoms with E-state index in [0.29, 0.717) is 11.8 Å². The maximum Gasteiger partial charge on any atom is 0.0658 e. The lowest BCUT2D eigenvalue weighted by atomic mass is 10.1. The van der Waals surface area contributed by atoms with E-state index in [1.165, 1.54) is 5.56 Å². The second-order valence-corrected chi connectivity index (χ2v) is 3.42. The third-order valence-electron chi connectivity index (χ3n) is 2.43. The van der Waals surface area contributed by atoms with Crippen LogP contribution in [-0.2, 0) is 6.42 Å². The number of rotatable bonds is 2. The Bertz CT molecular complexity index is 297. The van der Waals surface area contributed by atoms with Crippen LogP contribution in [0.15, 0.2) is 30.3 Å². The van der Waals surface area contributed by atoms with Crippen molar-refractivity contribution in [2.75, 3.05) is 0 Å². The molecule has 0 amide bonds. The lowest BCUT2D eigenvalue weighted by Gasteiger charge is -1.96. The molecule has 0 radical (unpaired) electrons. The van der Waals surface area contributed by atoms with Gasteiger partial charge in [-0.05, 0) is 24.3 Å². The molecule has 0 spiro atoms. The van der Waals surface area contributed by atoms with Crippen molar-refractivity contribution in [2.45, 2.75) is 12.8 Å². The van der Waals surface area contributed by atoms with E-state index in [1.807, 2.05) is 6.07 Å². The topological polar surface area (TPSA) is 23.8 Å². The first-order valence-corrected chi connectivity index (χ1v) is 4.33. The molecule has 1 aliphatic carbocycles. The van der Waals surface area contributed by atoms with Crippen LogP contribution < -0.4 is 0 Å². The van der Waals surface area contributed by atoms with Crippen molar-refractivity contribution in [3.05, 3.63) is 35.9 Å². The van der Waals surface area contributed by atoms with Gasteiger partial charge in [0.2, 0.25) is 0 Å². The normalized spacial score (nSPS) is 26.2. The molecule has 0 N–H and O–H groups in total. The molecule has 1 aliphatic rings. The third-order valence-corrected chi connectivity index (χ3v) is 2.43. The fourth-order valence-corrected chi connectivity index (χ4v) is 1.55. The van der Waals surface area contributed by atoms with Crippen molar-refractivity contribution in [2.24, 2.45) is 11.8 Å². The minimum Gasteiger partial charge on any atom is -0.198 e. The molecule has 1 saturated carbocycles. The summed E-state index contributed by atoms with van der Waals surface area (Å²) in [6, 6.07) is 12.7. The molecule has 0 bridgehead atoms. The highest BCUT2D eigenvalue weighted by atomic mass is 14.4. The number of nitriles is 1. The summed E-state index contributed by atoms with van der Waals surface area (Å²) in [5.74, 6) is 0.975. The first-order chi connectivity index (χ1) is 5.90. The summed E-state index contributed by atoms with van der Waals surface area (Å²) in [6.07, 6.45) is 2.18. The zero-order valence-electron chi connectivity index (χ0n) is 6.90. The second kappa shape index (κ2) is 2.98. The third kappa shape index (κ3) is 1.48. The predicted molar refractivity (Wildman–Crippen MR) is 47.4 cm³/mol. The van der Waals surface area contributed by atoms with Crippen molar-refractivity contribution in [3.63, 3.8) is 0 Å². The van der Waals surface area contributed by atoms with Gasteiger partial charge >= 0.3 is 0 Å². The van der Waals surface area contributed by atoms with Gasteiger partial charge in [0.1, 0.15) is 0 Å². The van der Waals surface area contributed by atoms with Gasteiger partial charge in [-0.1, -0.05) is 30.3 Å². The highest BCUT2D eigenvalue weighted by molar-refractivity contribution is 5.18. The van der Waals surface area contributed by atoms with Gasteiger partial charge in [-0.2, -0.15) is 5.26 Å². The van der Waals surface area contributed by atoms with Crippen molar-refractivity contribution in [3.8, 4) is 6.07 Å². The van der Waals surface area contributed by atoms with Crippen LogP contribution in [0.2, 0.25) is 0 Å². The predicted octanol–water partition coefficient (Wildman–Crippen LogP) is 2.39. The number of nitrogens with zero attached hydrogens (tertiary/aromatic N) is 1. The van der Waals surface area contributed by atoms with E-state index in [2.05, 4.69) is 30.3 Å². The summed E-state index contributed by atoms with van der Waals surface area (Å²) in [7, 11) is 0. The van der Waals surface area contributed by atoms with E-state index < -0.39 is 0 Å². The van der Waals surface area contributed by atoms with E-state index in [0.717, 1.165) is 12.8 Å². The van der Waals surface area contributed by atoms with Gasteiger partial charge in [0.05, 0.1) is 6.07 Å². The molecular weight excluding hydrogens is 146 g/mol. The molecule has 12 heavy (non-hydrogen) atoms. The van der Waals surface area contributed by atoms with Crippen LogP contribution in [0.25, 0.3) is 0 Å². The zero-order valence-corrected chi connectivity index (χ0v) is 6.90. The summed E-state index contributed by atoms with van der Waals surface area (Å²) in [5.41, 5.74) is 1.36. The molecule has 0 saturated heterocycles. The maximum atomic E-state index is 8.60. The van der Waals surface area contributed by atoms with Crippen LogP contribution in [-0.4, -0.2) is 0 Å². The molecule has 0 heterocycles. The van der Waals surface area contributed by atoms with Crippen LogP contribution in [0, 0.1) is 23.2 Å². The number of hydrogen-bond donors (Lipinski definition) is 0. The van der Waals surface area contributed by atoms with E-state index in [-0.39, 0.29) is 0 Å². The summed E-state index contributed by atoms with van der Waals surface area (Å²) in [4.78, 5) is 0. The largest absolute Gasteiger partial charge is 0.198 e. The fraction of sp³-hybridized carbons (Fsp3) is 0.364. The maximum absolute atomic E-state index is 8.60. The Morgan fingerprint density at radius 1 is 1.33 bits per heavy atom. The first kappa shape index (κ1) is 7.36. The molecule has 0 aliphatic heterocycles. The standard InChI is InChI=1S/C11H11N/c12-8-11-7-10(11)6-9-4-2-1-3-5-9/h1-5,10-11H,6-7H2/t10-,11+/m1/s1. The van der Waals surface area contributed by atoms with Gasteiger partial charge in [0, 0.05) is 5.92 Å². The van der Waals surface area contributed by atoms with Crippen LogP contribution in [0.5, 0.6) is 0 Å². The number of hydrogen-bond acceptors (Lipinski definition) is 1. The molecule has 2 rings (SSSR count). The van der Waals surface area contributed by atoms with Crippen LogP contribution >= 0.6 is 0 Å². The Labute approximate surface area is 72.6 Å². The molecule has 0 aromatic heterocycles. The molecule has 60 valence electrons. The molecular formula is C11H11N. The monoisotopic (exact) mass is 157 g/mol. The molecule has 2 atom stereocenters. The van der Waals surface area contributed by atoms with Crippen molar-refractivity contribution in [1.82, 2.24) is 0 Å². The van der Waals surface area contributed by atoms with E-state index in [1.54, 1.807) is 0 Å². The van der Waals surface area contributed by atoms with Crippen LogP contribution in [0.4, 0.5) is 0 Å². The summed E-state index contributed by atoms with van der Waals surface area (Å²) >= 11 is 0. The molecule has 1 aromatic rings. The Hall–Kier alpha value is -1.29. The van der Waals surface area contributed by atoms with Crippen molar-refractivity contribution < 1.29 is 0 Å². The van der Waals surface area contributed by atoms with E-state index >= 15 is 0 Å². The lowest BCUT2D eigenvalue weighted by Crippen LogP contribution is -1.87. The molecule has 1 aromatic carbocycles. The molecule has 1 fully saturated rings. The Morgan fingerprint density at radius 3 is 2.67 bits per heavy atom. The average molecular weight is 157 g/mol. The Kier molecular flexibility index (Phi) is 1.83. The average Bonchev–Trinajstić information content (AvgIpc) is 2.85. The quantitative estimate of drug-likeness (QED) is 0.646. The van der Waals surface area contributed by atoms with Crippen LogP contribution in [0.1, 0.15) is 12.0 Å². The summed E-state index contributed by atoms with van der Waals surface area (Å²) in [6.45, 7) is 0. The van der Waals surface area contributed by atoms with E-state index in [4.69, 9.17) is 5.26 Å². The van der Waals surface area contributed by atoms with Crippen molar-refractivity contribution in [1.29, 1.82) is 5.26 Å². The van der Waals surface area contributed by atoms with Gasteiger partial charge in [0.15, 0.2) is 0 Å². The van der Waals surface area contributed by atoms with Crippen LogP contribution in [0.3, 0.4) is 0 Å². The Balaban J connectivity index is 1.95. The van der Waals surface area contributed by atoms with Crippen molar-refractivity contribution >= 4 is 0 Å². The summed E-state index contributed by atoms with van der Waals surface area (Å²) in [5, 5.41) is 8.60. The minimum atomic E-state index is 0.338. The highest BCUT2D eigenvalue weighted by Gasteiger charge is 2.36. The van der Waals surface area contributed by atoms with Gasteiger partial charge < -0.3 is 0 Å². The lowest BCUT2D eigenvalue weighted by molar-refractivity contribution is 0.789. The highest BCUT2D eigenvalue weighted by Crippen LogP contribution is 2.40. The summed E-state index contributed by atoms with van der Waals surface area (Å²) < 4.78 is 0. The molecule has 0 unspecified atom stereocenters. The minimum absolute atomic E-state index is 0.338. The fourth-order valence-electron chi connectivity index (χ4n) is 1.55. The molecule has 1 nitrogen and oxygen atoms in total. The van der Waals surface area contributed by atoms with E-state index in [9.17, 15) is 0 Å². The second-order valence-electron chi connectivity index (χ2n) is 3.42.